The number of hydrogen-bond acceptors (Lipinski definition) is 2. The smallest absolute Gasteiger partial charge is 0.118 e. The Kier molecular flexibility index (Phi) is 6.13. The standard InChI is InChI=1S/C18H27NO/c1-3-17(13-15-7-5-4-6-8-15)19-14-16-9-11-18(20-2)12-10-16/h3,9-12,15,17,19H,1,4-8,13-14H2,2H3/t17-/m1/s1. The van der Waals surface area contributed by atoms with Crippen LogP contribution in [-0.4, -0.2) is 13.2 Å². The van der Waals surface area contributed by atoms with Gasteiger partial charge in [0.05, 0.1) is 7.11 Å². The lowest BCUT2D eigenvalue weighted by Gasteiger charge is -2.25. The van der Waals surface area contributed by atoms with Gasteiger partial charge in [-0.1, -0.05) is 50.3 Å². The van der Waals surface area contributed by atoms with E-state index in [9.17, 15) is 0 Å². The molecule has 2 heteroatoms. The minimum Gasteiger partial charge on any atom is -0.497 e. The molecule has 0 unspecified atom stereocenters. The van der Waals surface area contributed by atoms with Crippen LogP contribution in [0.1, 0.15) is 44.1 Å². The van der Waals surface area contributed by atoms with E-state index in [4.69, 9.17) is 4.74 Å². The molecule has 1 atom stereocenters. The number of nitrogens with one attached hydrogen (secondary N) is 1. The molecule has 0 spiro atoms. The van der Waals surface area contributed by atoms with Gasteiger partial charge < -0.3 is 10.1 Å². The lowest BCUT2D eigenvalue weighted by molar-refractivity contribution is 0.315. The predicted molar refractivity (Wildman–Crippen MR) is 85.0 cm³/mol. The molecule has 1 aromatic carbocycles. The molecule has 1 fully saturated rings. The van der Waals surface area contributed by atoms with Crippen LogP contribution in [0.3, 0.4) is 0 Å². The van der Waals surface area contributed by atoms with E-state index >= 15 is 0 Å². The summed E-state index contributed by atoms with van der Waals surface area (Å²) in [5.74, 6) is 1.80. The third-order valence-corrected chi connectivity index (χ3v) is 4.32. The van der Waals surface area contributed by atoms with Crippen LogP contribution in [-0.2, 0) is 6.54 Å². The monoisotopic (exact) mass is 273 g/mol. The van der Waals surface area contributed by atoms with Crippen molar-refractivity contribution in [3.63, 3.8) is 0 Å². The molecule has 1 aliphatic rings. The number of rotatable bonds is 7. The Morgan fingerprint density at radius 3 is 2.55 bits per heavy atom. The molecule has 2 nitrogen and oxygen atoms in total. The Balaban J connectivity index is 1.78. The number of benzene rings is 1. The Morgan fingerprint density at radius 2 is 1.95 bits per heavy atom. The fourth-order valence-corrected chi connectivity index (χ4v) is 3.04. The zero-order valence-corrected chi connectivity index (χ0v) is 12.6. The van der Waals surface area contributed by atoms with Crippen molar-refractivity contribution in [2.45, 2.75) is 51.1 Å². The molecule has 0 radical (unpaired) electrons. The average molecular weight is 273 g/mol. The molecule has 1 N–H and O–H groups in total. The number of methoxy groups -OCH3 is 1. The van der Waals surface area contributed by atoms with E-state index in [-0.39, 0.29) is 0 Å². The fraction of sp³-hybridized carbons (Fsp3) is 0.556. The lowest BCUT2D eigenvalue weighted by atomic mass is 9.85. The summed E-state index contributed by atoms with van der Waals surface area (Å²) < 4.78 is 5.18. The van der Waals surface area contributed by atoms with Gasteiger partial charge in [-0.05, 0) is 30.0 Å². The Hall–Kier alpha value is -1.28. The zero-order chi connectivity index (χ0) is 14.2. The van der Waals surface area contributed by atoms with Gasteiger partial charge in [-0.3, -0.25) is 0 Å². The normalized spacial score (nSPS) is 17.6. The van der Waals surface area contributed by atoms with Crippen LogP contribution in [0.2, 0.25) is 0 Å². The van der Waals surface area contributed by atoms with E-state index in [0.29, 0.717) is 6.04 Å². The summed E-state index contributed by atoms with van der Waals surface area (Å²) in [4.78, 5) is 0. The van der Waals surface area contributed by atoms with Crippen molar-refractivity contribution in [3.05, 3.63) is 42.5 Å². The predicted octanol–water partition coefficient (Wildman–Crippen LogP) is 4.31. The van der Waals surface area contributed by atoms with E-state index in [1.165, 1.54) is 44.1 Å². The highest BCUT2D eigenvalue weighted by molar-refractivity contribution is 5.27. The zero-order valence-electron chi connectivity index (χ0n) is 12.6. The van der Waals surface area contributed by atoms with Gasteiger partial charge in [0.2, 0.25) is 0 Å². The van der Waals surface area contributed by atoms with Gasteiger partial charge in [0.25, 0.3) is 0 Å². The molecule has 0 saturated heterocycles. The Morgan fingerprint density at radius 1 is 1.25 bits per heavy atom. The molecule has 0 bridgehead atoms. The second-order valence-electron chi connectivity index (χ2n) is 5.81. The summed E-state index contributed by atoms with van der Waals surface area (Å²) in [6, 6.07) is 8.70. The van der Waals surface area contributed by atoms with Crippen molar-refractivity contribution in [2.24, 2.45) is 5.92 Å². The summed E-state index contributed by atoms with van der Waals surface area (Å²) in [5, 5.41) is 3.61. The van der Waals surface area contributed by atoms with Crippen molar-refractivity contribution in [1.29, 1.82) is 0 Å². The molecule has 20 heavy (non-hydrogen) atoms. The summed E-state index contributed by atoms with van der Waals surface area (Å²) in [7, 11) is 1.70. The van der Waals surface area contributed by atoms with Gasteiger partial charge in [-0.25, -0.2) is 0 Å². The summed E-state index contributed by atoms with van der Waals surface area (Å²) in [6.07, 6.45) is 10.3. The van der Waals surface area contributed by atoms with Crippen LogP contribution in [0.25, 0.3) is 0 Å². The van der Waals surface area contributed by atoms with Gasteiger partial charge in [0, 0.05) is 12.6 Å². The average Bonchev–Trinajstić information content (AvgIpc) is 2.53. The lowest BCUT2D eigenvalue weighted by Crippen LogP contribution is -2.29. The van der Waals surface area contributed by atoms with E-state index < -0.39 is 0 Å². The molecule has 1 aliphatic carbocycles. The molecule has 1 aromatic rings. The largest absolute Gasteiger partial charge is 0.497 e. The third-order valence-electron chi connectivity index (χ3n) is 4.32. The highest BCUT2D eigenvalue weighted by atomic mass is 16.5. The van der Waals surface area contributed by atoms with Crippen LogP contribution in [0.15, 0.2) is 36.9 Å². The second-order valence-corrected chi connectivity index (χ2v) is 5.81. The summed E-state index contributed by atoms with van der Waals surface area (Å²) in [6.45, 7) is 4.88. The van der Waals surface area contributed by atoms with Crippen LogP contribution in [0.5, 0.6) is 5.75 Å². The highest BCUT2D eigenvalue weighted by Crippen LogP contribution is 2.27. The molecule has 2 rings (SSSR count). The van der Waals surface area contributed by atoms with Crippen LogP contribution < -0.4 is 10.1 Å². The van der Waals surface area contributed by atoms with Gasteiger partial charge in [-0.2, -0.15) is 0 Å². The summed E-state index contributed by atoms with van der Waals surface area (Å²) >= 11 is 0. The van der Waals surface area contributed by atoms with Crippen molar-refractivity contribution in [2.75, 3.05) is 7.11 Å². The van der Waals surface area contributed by atoms with E-state index in [1.807, 2.05) is 12.1 Å². The highest BCUT2D eigenvalue weighted by Gasteiger charge is 2.16. The Labute approximate surface area is 123 Å². The van der Waals surface area contributed by atoms with E-state index in [2.05, 4.69) is 30.1 Å². The molecule has 0 heterocycles. The fourth-order valence-electron chi connectivity index (χ4n) is 3.04. The maximum Gasteiger partial charge on any atom is 0.118 e. The van der Waals surface area contributed by atoms with Crippen LogP contribution >= 0.6 is 0 Å². The SMILES string of the molecule is C=C[C@H](CC1CCCCC1)NCc1ccc(OC)cc1. The van der Waals surface area contributed by atoms with Crippen LogP contribution in [0, 0.1) is 5.92 Å². The molecule has 0 aromatic heterocycles. The minimum absolute atomic E-state index is 0.431. The Bertz CT molecular complexity index is 392. The first kappa shape index (κ1) is 15.1. The summed E-state index contributed by atoms with van der Waals surface area (Å²) in [5.41, 5.74) is 1.29. The van der Waals surface area contributed by atoms with Crippen molar-refractivity contribution in [1.82, 2.24) is 5.32 Å². The first-order chi connectivity index (χ1) is 9.81. The van der Waals surface area contributed by atoms with Gasteiger partial charge in [0.1, 0.15) is 5.75 Å². The van der Waals surface area contributed by atoms with Gasteiger partial charge >= 0.3 is 0 Å². The molecule has 110 valence electrons. The van der Waals surface area contributed by atoms with Crippen molar-refractivity contribution in [3.8, 4) is 5.75 Å². The van der Waals surface area contributed by atoms with Crippen LogP contribution in [0.4, 0.5) is 0 Å². The van der Waals surface area contributed by atoms with Crippen molar-refractivity contribution >= 4 is 0 Å². The quantitative estimate of drug-likeness (QED) is 0.747. The van der Waals surface area contributed by atoms with E-state index in [0.717, 1.165) is 18.2 Å². The number of hydrogen-bond donors (Lipinski definition) is 1. The molecule has 1 saturated carbocycles. The maximum atomic E-state index is 5.18. The molecular formula is C18H27NO. The molecule has 0 aliphatic heterocycles. The van der Waals surface area contributed by atoms with Gasteiger partial charge in [-0.15, -0.1) is 6.58 Å². The topological polar surface area (TPSA) is 21.3 Å². The first-order valence-electron chi connectivity index (χ1n) is 7.80. The third kappa shape index (κ3) is 4.68. The second kappa shape index (κ2) is 8.11. The molecular weight excluding hydrogens is 246 g/mol. The van der Waals surface area contributed by atoms with Gasteiger partial charge in [0.15, 0.2) is 0 Å². The first-order valence-corrected chi connectivity index (χ1v) is 7.80. The minimum atomic E-state index is 0.431. The maximum absolute atomic E-state index is 5.18. The number of ether oxygens (including phenoxy) is 1. The molecule has 0 amide bonds. The van der Waals surface area contributed by atoms with Crippen molar-refractivity contribution < 1.29 is 4.74 Å². The van der Waals surface area contributed by atoms with E-state index in [1.54, 1.807) is 7.11 Å².